The van der Waals surface area contributed by atoms with Crippen LogP contribution in [-0.4, -0.2) is 28.9 Å². The molecule has 6 heteroatoms. The zero-order chi connectivity index (χ0) is 20.9. The van der Waals surface area contributed by atoms with Gasteiger partial charge >= 0.3 is 5.97 Å². The van der Waals surface area contributed by atoms with Crippen LogP contribution in [0.3, 0.4) is 0 Å². The third-order valence-corrected chi connectivity index (χ3v) is 7.31. The molecule has 156 valence electrons. The first kappa shape index (κ1) is 19.9. The molecular weight excluding hydrogens is 423 g/mol. The molecule has 0 aromatic heterocycles. The number of hydrogen-bond acceptors (Lipinski definition) is 4. The summed E-state index contributed by atoms with van der Waals surface area (Å²) in [5.41, 5.74) is 1.38. The molecule has 2 aromatic carbocycles. The molecule has 0 atom stereocenters. The van der Waals surface area contributed by atoms with Gasteiger partial charge in [0.25, 0.3) is 0 Å². The fraction of sp³-hybridized carbons (Fsp3) is 0.375. The number of aliphatic hydroxyl groups excluding tert-OH is 1. The molecule has 1 aliphatic carbocycles. The van der Waals surface area contributed by atoms with E-state index in [1.165, 1.54) is 0 Å². The van der Waals surface area contributed by atoms with E-state index >= 15 is 0 Å². The lowest BCUT2D eigenvalue weighted by Crippen LogP contribution is -2.44. The molecule has 4 nitrogen and oxygen atoms in total. The number of aliphatic hydroxyl groups is 1. The van der Waals surface area contributed by atoms with Gasteiger partial charge in [-0.05, 0) is 73.9 Å². The van der Waals surface area contributed by atoms with E-state index in [2.05, 4.69) is 0 Å². The molecule has 1 N–H and O–H groups in total. The predicted molar refractivity (Wildman–Crippen MR) is 117 cm³/mol. The van der Waals surface area contributed by atoms with Gasteiger partial charge in [-0.25, -0.2) is 4.79 Å². The molecule has 2 fully saturated rings. The summed E-state index contributed by atoms with van der Waals surface area (Å²) in [7, 11) is 0. The predicted octanol–water partition coefficient (Wildman–Crippen LogP) is 6.35. The molecule has 0 unspecified atom stereocenters. The Hall–Kier alpha value is -2.01. The van der Waals surface area contributed by atoms with Crippen LogP contribution in [0, 0.1) is 0 Å². The van der Waals surface area contributed by atoms with Crippen molar-refractivity contribution in [1.82, 2.24) is 0 Å². The van der Waals surface area contributed by atoms with E-state index in [0.717, 1.165) is 43.4 Å². The Labute approximate surface area is 185 Å². The van der Waals surface area contributed by atoms with Crippen molar-refractivity contribution in [3.8, 4) is 11.1 Å². The molecule has 1 saturated carbocycles. The first-order valence-corrected chi connectivity index (χ1v) is 11.0. The van der Waals surface area contributed by atoms with Gasteiger partial charge < -0.3 is 14.6 Å². The highest BCUT2D eigenvalue weighted by molar-refractivity contribution is 6.35. The van der Waals surface area contributed by atoms with Gasteiger partial charge in [0.1, 0.15) is 5.57 Å². The first-order valence-electron chi connectivity index (χ1n) is 10.3. The maximum absolute atomic E-state index is 12.9. The number of ether oxygens (including phenoxy) is 2. The largest absolute Gasteiger partial charge is 0.507 e. The van der Waals surface area contributed by atoms with E-state index in [4.69, 9.17) is 32.7 Å². The van der Waals surface area contributed by atoms with Crippen LogP contribution in [0.2, 0.25) is 10.0 Å². The van der Waals surface area contributed by atoms with E-state index in [-0.39, 0.29) is 16.9 Å². The Morgan fingerprint density at radius 2 is 1.60 bits per heavy atom. The number of carbonyl (C=O) groups excluding carboxylic acids is 1. The Balaban J connectivity index is 1.51. The number of benzene rings is 2. The Morgan fingerprint density at radius 3 is 2.27 bits per heavy atom. The molecule has 2 heterocycles. The normalized spacial score (nSPS) is 28.5. The monoisotopic (exact) mass is 444 g/mol. The number of halogens is 2. The van der Waals surface area contributed by atoms with Crippen molar-refractivity contribution < 1.29 is 19.4 Å². The lowest BCUT2D eigenvalue weighted by Gasteiger charge is -2.41. The highest BCUT2D eigenvalue weighted by atomic mass is 35.5. The Bertz CT molecular complexity index is 1030. The first-order chi connectivity index (χ1) is 14.4. The van der Waals surface area contributed by atoms with Gasteiger partial charge in [0.2, 0.25) is 0 Å². The third-order valence-electron chi connectivity index (χ3n) is 6.73. The molecule has 1 saturated heterocycles. The van der Waals surface area contributed by atoms with Gasteiger partial charge in [-0.3, -0.25) is 0 Å². The fourth-order valence-corrected chi connectivity index (χ4v) is 5.31. The molecule has 0 bridgehead atoms. The average Bonchev–Trinajstić information content (AvgIpc) is 3.29. The van der Waals surface area contributed by atoms with Crippen molar-refractivity contribution in [3.05, 3.63) is 63.8 Å². The summed E-state index contributed by atoms with van der Waals surface area (Å²) in [5, 5.41) is 12.2. The highest BCUT2D eigenvalue weighted by Gasteiger charge is 2.54. The second kappa shape index (κ2) is 7.30. The van der Waals surface area contributed by atoms with Gasteiger partial charge in [-0.1, -0.05) is 41.4 Å². The van der Waals surface area contributed by atoms with Crippen molar-refractivity contribution >= 4 is 34.7 Å². The van der Waals surface area contributed by atoms with Crippen LogP contribution >= 0.6 is 23.2 Å². The highest BCUT2D eigenvalue weighted by Crippen LogP contribution is 2.51. The number of hydrogen-bond donors (Lipinski definition) is 1. The van der Waals surface area contributed by atoms with E-state index in [1.807, 2.05) is 36.4 Å². The topological polar surface area (TPSA) is 55.8 Å². The Morgan fingerprint density at radius 1 is 0.900 bits per heavy atom. The number of esters is 1. The minimum absolute atomic E-state index is 0.00416. The van der Waals surface area contributed by atoms with Crippen LogP contribution in [0.25, 0.3) is 16.7 Å². The summed E-state index contributed by atoms with van der Waals surface area (Å²) in [6.45, 7) is 0.785. The van der Waals surface area contributed by atoms with Gasteiger partial charge in [-0.2, -0.15) is 0 Å². The fourth-order valence-electron chi connectivity index (χ4n) is 4.98. The average molecular weight is 445 g/mol. The Kier molecular flexibility index (Phi) is 4.85. The van der Waals surface area contributed by atoms with E-state index in [9.17, 15) is 9.90 Å². The van der Waals surface area contributed by atoms with Gasteiger partial charge in [0, 0.05) is 22.2 Å². The molecule has 2 aromatic rings. The van der Waals surface area contributed by atoms with Crippen molar-refractivity contribution in [2.75, 3.05) is 6.61 Å². The van der Waals surface area contributed by atoms with Crippen LogP contribution in [-0.2, 0) is 14.3 Å². The number of carbonyl (C=O) groups is 1. The van der Waals surface area contributed by atoms with Crippen LogP contribution in [0.4, 0.5) is 0 Å². The molecule has 2 spiro atoms. The van der Waals surface area contributed by atoms with Gasteiger partial charge in [-0.15, -0.1) is 0 Å². The maximum atomic E-state index is 12.9. The molecule has 5 rings (SSSR count). The zero-order valence-corrected chi connectivity index (χ0v) is 17.9. The van der Waals surface area contributed by atoms with Crippen LogP contribution in [0.5, 0.6) is 0 Å². The van der Waals surface area contributed by atoms with Crippen LogP contribution < -0.4 is 0 Å². The smallest absolute Gasteiger partial charge is 0.343 e. The van der Waals surface area contributed by atoms with Crippen molar-refractivity contribution in [3.63, 3.8) is 0 Å². The van der Waals surface area contributed by atoms with Crippen molar-refractivity contribution in [2.24, 2.45) is 0 Å². The van der Waals surface area contributed by atoms with Crippen LogP contribution in [0.15, 0.2) is 48.2 Å². The summed E-state index contributed by atoms with van der Waals surface area (Å²) in [4.78, 5) is 12.9. The SMILES string of the molecule is O=C1OC2(CCC3(CCCO3)CC2)C(O)=C1c1cc(-c2ccc(Cl)cc2)ccc1Cl. The lowest BCUT2D eigenvalue weighted by molar-refractivity contribution is -0.156. The summed E-state index contributed by atoms with van der Waals surface area (Å²) < 4.78 is 11.8. The van der Waals surface area contributed by atoms with E-state index in [1.54, 1.807) is 6.07 Å². The van der Waals surface area contributed by atoms with Gasteiger partial charge in [0.15, 0.2) is 11.4 Å². The molecule has 0 radical (unpaired) electrons. The standard InChI is InChI=1S/C24H22Cl2O4/c25-17-5-2-15(3-6-17)16-4-7-19(26)18(14-16)20-21(27)24(30-22(20)28)11-9-23(10-12-24)8-1-13-29-23/h2-7,14,27H,1,8-13H2. The van der Waals surface area contributed by atoms with E-state index < -0.39 is 11.6 Å². The second-order valence-corrected chi connectivity index (χ2v) is 9.29. The molecule has 30 heavy (non-hydrogen) atoms. The van der Waals surface area contributed by atoms with E-state index in [0.29, 0.717) is 28.5 Å². The quantitative estimate of drug-likeness (QED) is 0.548. The summed E-state index contributed by atoms with van der Waals surface area (Å²) in [6.07, 6.45) is 4.76. The van der Waals surface area contributed by atoms with Crippen molar-refractivity contribution in [2.45, 2.75) is 49.7 Å². The zero-order valence-electron chi connectivity index (χ0n) is 16.4. The molecule has 0 amide bonds. The second-order valence-electron chi connectivity index (χ2n) is 8.44. The lowest BCUT2D eigenvalue weighted by atomic mass is 9.73. The molecule has 2 aliphatic heterocycles. The summed E-state index contributed by atoms with van der Waals surface area (Å²) >= 11 is 12.4. The summed E-state index contributed by atoms with van der Waals surface area (Å²) in [6, 6.07) is 12.9. The molecule has 3 aliphatic rings. The molecular formula is C24H22Cl2O4. The number of rotatable bonds is 2. The van der Waals surface area contributed by atoms with Crippen LogP contribution in [0.1, 0.15) is 44.1 Å². The third kappa shape index (κ3) is 3.22. The van der Waals surface area contributed by atoms with Gasteiger partial charge in [0.05, 0.1) is 5.60 Å². The summed E-state index contributed by atoms with van der Waals surface area (Å²) in [5.74, 6) is -0.526. The minimum Gasteiger partial charge on any atom is -0.507 e. The minimum atomic E-state index is -0.969. The maximum Gasteiger partial charge on any atom is 0.343 e. The van der Waals surface area contributed by atoms with Crippen molar-refractivity contribution in [1.29, 1.82) is 0 Å².